The second-order valence-corrected chi connectivity index (χ2v) is 8.04. The Morgan fingerprint density at radius 1 is 1.03 bits per heavy atom. The number of para-hydroxylation sites is 2. The number of nitrogens with one attached hydrogen (secondary N) is 2. The van der Waals surface area contributed by atoms with Crippen LogP contribution in [0.1, 0.15) is 36.7 Å². The summed E-state index contributed by atoms with van der Waals surface area (Å²) in [6, 6.07) is 14.2. The standard InChI is InChI=1S/C24H24FN3O4/c1-24(2,3)32-23(31)28-20-7-5-4-6-19(20)27-22(30)17-10-8-16(9-11-17)21-18(25)12-15(14-29)13-26-21/h4-13,29H,14H2,1-3H3,(H,27,30)(H,28,31). The summed E-state index contributed by atoms with van der Waals surface area (Å²) in [4.78, 5) is 28.8. The smallest absolute Gasteiger partial charge is 0.412 e. The number of ether oxygens (including phenoxy) is 1. The van der Waals surface area contributed by atoms with Crippen molar-refractivity contribution < 1.29 is 23.8 Å². The highest BCUT2D eigenvalue weighted by molar-refractivity contribution is 6.07. The van der Waals surface area contributed by atoms with E-state index in [-0.39, 0.29) is 12.3 Å². The fraction of sp³-hybridized carbons (Fsp3) is 0.208. The van der Waals surface area contributed by atoms with Gasteiger partial charge in [0.25, 0.3) is 5.91 Å². The van der Waals surface area contributed by atoms with Crippen LogP contribution < -0.4 is 10.6 Å². The zero-order chi connectivity index (χ0) is 23.3. The normalized spacial score (nSPS) is 11.0. The van der Waals surface area contributed by atoms with Crippen LogP contribution in [-0.4, -0.2) is 27.7 Å². The summed E-state index contributed by atoms with van der Waals surface area (Å²) < 4.78 is 19.5. The third-order valence-corrected chi connectivity index (χ3v) is 4.31. The fourth-order valence-corrected chi connectivity index (χ4v) is 2.87. The Kier molecular flexibility index (Phi) is 6.85. The quantitative estimate of drug-likeness (QED) is 0.523. The van der Waals surface area contributed by atoms with Crippen molar-refractivity contribution in [1.82, 2.24) is 4.98 Å². The third kappa shape index (κ3) is 5.89. The molecule has 2 aromatic carbocycles. The number of hydrogen-bond acceptors (Lipinski definition) is 5. The van der Waals surface area contributed by atoms with E-state index in [1.165, 1.54) is 12.3 Å². The first-order chi connectivity index (χ1) is 15.2. The summed E-state index contributed by atoms with van der Waals surface area (Å²) >= 11 is 0. The second-order valence-electron chi connectivity index (χ2n) is 8.04. The lowest BCUT2D eigenvalue weighted by Crippen LogP contribution is -2.27. The van der Waals surface area contributed by atoms with Gasteiger partial charge >= 0.3 is 6.09 Å². The number of amides is 2. The van der Waals surface area contributed by atoms with Gasteiger partial charge in [0.15, 0.2) is 0 Å². The maximum Gasteiger partial charge on any atom is 0.412 e. The van der Waals surface area contributed by atoms with E-state index in [9.17, 15) is 14.0 Å². The van der Waals surface area contributed by atoms with Gasteiger partial charge < -0.3 is 15.2 Å². The van der Waals surface area contributed by atoms with Crippen LogP contribution in [0.5, 0.6) is 0 Å². The summed E-state index contributed by atoms with van der Waals surface area (Å²) in [6.45, 7) is 4.97. The zero-order valence-corrected chi connectivity index (χ0v) is 18.0. The van der Waals surface area contributed by atoms with Crippen molar-refractivity contribution in [2.75, 3.05) is 10.6 Å². The van der Waals surface area contributed by atoms with E-state index in [0.29, 0.717) is 28.1 Å². The number of halogens is 1. The molecule has 2 amide bonds. The average Bonchev–Trinajstić information content (AvgIpc) is 2.74. The SMILES string of the molecule is CC(C)(C)OC(=O)Nc1ccccc1NC(=O)c1ccc(-c2ncc(CO)cc2F)cc1. The average molecular weight is 437 g/mol. The van der Waals surface area contributed by atoms with E-state index in [4.69, 9.17) is 9.84 Å². The van der Waals surface area contributed by atoms with Gasteiger partial charge in [0.05, 0.1) is 18.0 Å². The van der Waals surface area contributed by atoms with Crippen LogP contribution in [0.25, 0.3) is 11.3 Å². The molecule has 7 nitrogen and oxygen atoms in total. The predicted octanol–water partition coefficient (Wildman–Crippen LogP) is 4.98. The molecule has 0 radical (unpaired) electrons. The Balaban J connectivity index is 1.74. The van der Waals surface area contributed by atoms with Crippen molar-refractivity contribution >= 4 is 23.4 Å². The van der Waals surface area contributed by atoms with Gasteiger partial charge in [-0.3, -0.25) is 15.1 Å². The summed E-state index contributed by atoms with van der Waals surface area (Å²) in [6.07, 6.45) is 0.762. The first-order valence-electron chi connectivity index (χ1n) is 9.92. The van der Waals surface area contributed by atoms with Gasteiger partial charge in [-0.05, 0) is 56.7 Å². The van der Waals surface area contributed by atoms with E-state index >= 15 is 0 Å². The van der Waals surface area contributed by atoms with Crippen LogP contribution in [0.15, 0.2) is 60.8 Å². The van der Waals surface area contributed by atoms with Crippen LogP contribution in [0, 0.1) is 5.82 Å². The van der Waals surface area contributed by atoms with Crippen molar-refractivity contribution in [3.63, 3.8) is 0 Å². The second kappa shape index (κ2) is 9.57. The number of hydrogen-bond donors (Lipinski definition) is 3. The molecule has 3 aromatic rings. The topological polar surface area (TPSA) is 101 Å². The molecule has 1 heterocycles. The summed E-state index contributed by atoms with van der Waals surface area (Å²) in [5, 5.41) is 14.5. The number of carbonyl (C=O) groups is 2. The number of anilines is 2. The molecule has 3 N–H and O–H groups in total. The first-order valence-corrected chi connectivity index (χ1v) is 9.92. The van der Waals surface area contributed by atoms with Gasteiger partial charge in [-0.25, -0.2) is 9.18 Å². The summed E-state index contributed by atoms with van der Waals surface area (Å²) in [7, 11) is 0. The molecule has 0 saturated heterocycles. The molecule has 0 spiro atoms. The minimum Gasteiger partial charge on any atom is -0.444 e. The van der Waals surface area contributed by atoms with Crippen LogP contribution in [0.2, 0.25) is 0 Å². The molecule has 1 aromatic heterocycles. The lowest BCUT2D eigenvalue weighted by Gasteiger charge is -2.20. The van der Waals surface area contributed by atoms with Gasteiger partial charge in [-0.15, -0.1) is 0 Å². The lowest BCUT2D eigenvalue weighted by atomic mass is 10.1. The molecule has 0 fully saturated rings. The molecule has 0 aliphatic heterocycles. The maximum atomic E-state index is 14.2. The molecule has 0 unspecified atom stereocenters. The number of pyridine rings is 1. The van der Waals surface area contributed by atoms with E-state index in [0.717, 1.165) is 0 Å². The van der Waals surface area contributed by atoms with E-state index in [1.54, 1.807) is 69.3 Å². The Morgan fingerprint density at radius 2 is 1.66 bits per heavy atom. The number of rotatable bonds is 5. The molecule has 0 aliphatic rings. The number of aromatic nitrogens is 1. The van der Waals surface area contributed by atoms with Gasteiger partial charge in [0.1, 0.15) is 17.1 Å². The number of carbonyl (C=O) groups excluding carboxylic acids is 2. The molecule has 0 saturated carbocycles. The predicted molar refractivity (Wildman–Crippen MR) is 120 cm³/mol. The molecular weight excluding hydrogens is 413 g/mol. The van der Waals surface area contributed by atoms with Crippen molar-refractivity contribution in [1.29, 1.82) is 0 Å². The van der Waals surface area contributed by atoms with E-state index in [2.05, 4.69) is 15.6 Å². The molecule has 0 atom stereocenters. The zero-order valence-electron chi connectivity index (χ0n) is 18.0. The minimum absolute atomic E-state index is 0.126. The largest absolute Gasteiger partial charge is 0.444 e. The van der Waals surface area contributed by atoms with Crippen molar-refractivity contribution in [3.05, 3.63) is 77.7 Å². The molecule has 8 heteroatoms. The molecule has 0 aliphatic carbocycles. The van der Waals surface area contributed by atoms with Crippen LogP contribution >= 0.6 is 0 Å². The van der Waals surface area contributed by atoms with Crippen molar-refractivity contribution in [3.8, 4) is 11.3 Å². The Morgan fingerprint density at radius 3 is 2.22 bits per heavy atom. The number of benzene rings is 2. The molecule has 3 rings (SSSR count). The highest BCUT2D eigenvalue weighted by Gasteiger charge is 2.18. The highest BCUT2D eigenvalue weighted by atomic mass is 19.1. The third-order valence-electron chi connectivity index (χ3n) is 4.31. The van der Waals surface area contributed by atoms with Crippen LogP contribution in [0.4, 0.5) is 20.6 Å². The van der Waals surface area contributed by atoms with Crippen LogP contribution in [-0.2, 0) is 11.3 Å². The maximum absolute atomic E-state index is 14.2. The highest BCUT2D eigenvalue weighted by Crippen LogP contribution is 2.24. The van der Waals surface area contributed by atoms with Gasteiger partial charge in [0.2, 0.25) is 0 Å². The minimum atomic E-state index is -0.656. The van der Waals surface area contributed by atoms with E-state index in [1.807, 2.05) is 0 Å². The Hall–Kier alpha value is -3.78. The van der Waals surface area contributed by atoms with Gasteiger partial charge in [-0.2, -0.15) is 0 Å². The molecule has 0 bridgehead atoms. The monoisotopic (exact) mass is 437 g/mol. The number of aliphatic hydroxyl groups excluding tert-OH is 1. The Bertz CT molecular complexity index is 1120. The molecule has 32 heavy (non-hydrogen) atoms. The Labute approximate surface area is 185 Å². The van der Waals surface area contributed by atoms with E-state index < -0.39 is 23.4 Å². The fourth-order valence-electron chi connectivity index (χ4n) is 2.87. The van der Waals surface area contributed by atoms with Gasteiger partial charge in [0, 0.05) is 17.3 Å². The lowest BCUT2D eigenvalue weighted by molar-refractivity contribution is 0.0635. The summed E-state index contributed by atoms with van der Waals surface area (Å²) in [5.41, 5.74) is 1.48. The molecule has 166 valence electrons. The van der Waals surface area contributed by atoms with Crippen molar-refractivity contribution in [2.24, 2.45) is 0 Å². The summed E-state index contributed by atoms with van der Waals surface area (Å²) in [5.74, 6) is -0.963. The number of aliphatic hydroxyl groups is 1. The van der Waals surface area contributed by atoms with Crippen LogP contribution in [0.3, 0.4) is 0 Å². The number of nitrogens with zero attached hydrogens (tertiary/aromatic N) is 1. The molecular formula is C24H24FN3O4. The van der Waals surface area contributed by atoms with Gasteiger partial charge in [-0.1, -0.05) is 24.3 Å². The first kappa shape index (κ1) is 22.9. The van der Waals surface area contributed by atoms with Crippen molar-refractivity contribution in [2.45, 2.75) is 33.0 Å².